The van der Waals surface area contributed by atoms with Crippen LogP contribution in [0, 0.1) is 12.7 Å². The first-order valence-electron chi connectivity index (χ1n) is 8.87. The minimum absolute atomic E-state index is 0.0481. The van der Waals surface area contributed by atoms with Gasteiger partial charge in [-0.15, -0.1) is 0 Å². The average molecular weight is 441 g/mol. The molecule has 5 nitrogen and oxygen atoms in total. The zero-order chi connectivity index (χ0) is 21.4. The van der Waals surface area contributed by atoms with E-state index in [0.717, 1.165) is 16.0 Å². The van der Waals surface area contributed by atoms with E-state index in [0.29, 0.717) is 10.8 Å². The number of furan rings is 1. The predicted molar refractivity (Wildman–Crippen MR) is 116 cm³/mol. The molecule has 0 atom stereocenters. The Hall–Kier alpha value is -3.29. The molecule has 3 aromatic rings. The number of para-hydroxylation sites is 1. The van der Waals surface area contributed by atoms with Crippen molar-refractivity contribution in [3.05, 3.63) is 82.3 Å². The molecular formula is C22H14ClFN2O3S. The number of aryl methyl sites for hydroxylation is 1. The van der Waals surface area contributed by atoms with Crippen LogP contribution >= 0.6 is 23.8 Å². The van der Waals surface area contributed by atoms with E-state index in [4.69, 9.17) is 28.2 Å². The molecule has 30 heavy (non-hydrogen) atoms. The number of halogens is 2. The standard InChI is InChI=1S/C22H14ClFN2O3S/c1-12-6-7-13(23)10-15(12)19-9-8-14(29-19)11-16-20(27)25-22(30)26(21(16)28)18-5-3-2-4-17(18)24/h2-11H,1H3,(H,25,27,30)/b16-11+. The molecule has 0 spiro atoms. The molecular weight excluding hydrogens is 427 g/mol. The fourth-order valence-electron chi connectivity index (χ4n) is 3.09. The number of nitrogens with one attached hydrogen (secondary N) is 1. The lowest BCUT2D eigenvalue weighted by molar-refractivity contribution is -0.122. The van der Waals surface area contributed by atoms with Crippen molar-refractivity contribution in [2.75, 3.05) is 4.90 Å². The lowest BCUT2D eigenvalue weighted by atomic mass is 10.1. The Morgan fingerprint density at radius 3 is 2.67 bits per heavy atom. The highest BCUT2D eigenvalue weighted by atomic mass is 35.5. The third kappa shape index (κ3) is 3.65. The van der Waals surface area contributed by atoms with Gasteiger partial charge in [-0.2, -0.15) is 0 Å². The highest BCUT2D eigenvalue weighted by Crippen LogP contribution is 2.30. The summed E-state index contributed by atoms with van der Waals surface area (Å²) in [4.78, 5) is 26.3. The van der Waals surface area contributed by atoms with Gasteiger partial charge in [0.1, 0.15) is 22.9 Å². The number of hydrogen-bond acceptors (Lipinski definition) is 4. The van der Waals surface area contributed by atoms with Gasteiger partial charge in [0, 0.05) is 10.6 Å². The van der Waals surface area contributed by atoms with Gasteiger partial charge < -0.3 is 4.42 Å². The van der Waals surface area contributed by atoms with Crippen LogP contribution in [-0.2, 0) is 9.59 Å². The molecule has 2 amide bonds. The van der Waals surface area contributed by atoms with E-state index in [1.165, 1.54) is 24.3 Å². The van der Waals surface area contributed by atoms with E-state index in [1.54, 1.807) is 30.3 Å². The Labute approximate surface area is 181 Å². The van der Waals surface area contributed by atoms with Gasteiger partial charge in [0.25, 0.3) is 11.8 Å². The summed E-state index contributed by atoms with van der Waals surface area (Å²) >= 11 is 11.1. The minimum atomic E-state index is -0.745. The maximum Gasteiger partial charge on any atom is 0.270 e. The van der Waals surface area contributed by atoms with Crippen LogP contribution in [0.25, 0.3) is 17.4 Å². The number of benzene rings is 2. The van der Waals surface area contributed by atoms with Crippen LogP contribution < -0.4 is 10.2 Å². The largest absolute Gasteiger partial charge is 0.457 e. The highest BCUT2D eigenvalue weighted by molar-refractivity contribution is 7.80. The summed E-state index contributed by atoms with van der Waals surface area (Å²) in [7, 11) is 0. The van der Waals surface area contributed by atoms with Crippen molar-refractivity contribution >= 4 is 52.5 Å². The van der Waals surface area contributed by atoms with Gasteiger partial charge in [-0.1, -0.05) is 29.8 Å². The van der Waals surface area contributed by atoms with Gasteiger partial charge in [0.2, 0.25) is 0 Å². The Bertz CT molecular complexity index is 1230. The van der Waals surface area contributed by atoms with Crippen molar-refractivity contribution in [3.8, 4) is 11.3 Å². The number of carbonyl (C=O) groups excluding carboxylic acids is 2. The highest BCUT2D eigenvalue weighted by Gasteiger charge is 2.35. The second kappa shape index (κ2) is 7.85. The third-order valence-corrected chi connectivity index (χ3v) is 5.09. The summed E-state index contributed by atoms with van der Waals surface area (Å²) in [5, 5.41) is 2.78. The second-order valence-corrected chi connectivity index (χ2v) is 7.39. The van der Waals surface area contributed by atoms with E-state index in [-0.39, 0.29) is 22.1 Å². The van der Waals surface area contributed by atoms with Crippen molar-refractivity contribution in [3.63, 3.8) is 0 Å². The van der Waals surface area contributed by atoms with Gasteiger partial charge in [0.15, 0.2) is 5.11 Å². The quantitative estimate of drug-likeness (QED) is 0.358. The van der Waals surface area contributed by atoms with Crippen LogP contribution in [0.1, 0.15) is 11.3 Å². The predicted octanol–water partition coefficient (Wildman–Crippen LogP) is 4.88. The lowest BCUT2D eigenvalue weighted by Crippen LogP contribution is -2.54. The third-order valence-electron chi connectivity index (χ3n) is 4.57. The maximum atomic E-state index is 14.2. The van der Waals surface area contributed by atoms with Crippen molar-refractivity contribution in [2.24, 2.45) is 0 Å². The van der Waals surface area contributed by atoms with Crippen molar-refractivity contribution in [1.29, 1.82) is 0 Å². The van der Waals surface area contributed by atoms with Crippen molar-refractivity contribution < 1.29 is 18.4 Å². The minimum Gasteiger partial charge on any atom is -0.457 e. The molecule has 0 saturated carbocycles. The molecule has 1 saturated heterocycles. The van der Waals surface area contributed by atoms with E-state index < -0.39 is 17.6 Å². The molecule has 2 aromatic carbocycles. The summed E-state index contributed by atoms with van der Waals surface area (Å²) in [6.07, 6.45) is 1.30. The van der Waals surface area contributed by atoms with E-state index in [9.17, 15) is 14.0 Å². The first-order valence-corrected chi connectivity index (χ1v) is 9.66. The van der Waals surface area contributed by atoms with Gasteiger partial charge in [0.05, 0.1) is 5.69 Å². The number of carbonyl (C=O) groups is 2. The van der Waals surface area contributed by atoms with Crippen LogP contribution in [0.2, 0.25) is 5.02 Å². The fourth-order valence-corrected chi connectivity index (χ4v) is 3.53. The van der Waals surface area contributed by atoms with E-state index >= 15 is 0 Å². The topological polar surface area (TPSA) is 62.6 Å². The number of anilines is 1. The first kappa shape index (κ1) is 20.0. The molecule has 1 fully saturated rings. The summed E-state index contributed by atoms with van der Waals surface area (Å²) in [6.45, 7) is 1.91. The lowest BCUT2D eigenvalue weighted by Gasteiger charge is -2.28. The summed E-state index contributed by atoms with van der Waals surface area (Å²) in [5.74, 6) is -1.25. The molecule has 0 unspecified atom stereocenters. The van der Waals surface area contributed by atoms with E-state index in [2.05, 4.69) is 5.32 Å². The molecule has 0 bridgehead atoms. The van der Waals surface area contributed by atoms with Crippen LogP contribution in [0.3, 0.4) is 0 Å². The molecule has 150 valence electrons. The number of nitrogens with zero attached hydrogens (tertiary/aromatic N) is 1. The van der Waals surface area contributed by atoms with Crippen LogP contribution in [-0.4, -0.2) is 16.9 Å². The van der Waals surface area contributed by atoms with Crippen molar-refractivity contribution in [1.82, 2.24) is 5.32 Å². The molecule has 1 aromatic heterocycles. The zero-order valence-electron chi connectivity index (χ0n) is 15.6. The number of rotatable bonds is 3. The first-order chi connectivity index (χ1) is 14.3. The summed E-state index contributed by atoms with van der Waals surface area (Å²) in [6, 6.07) is 14.4. The molecule has 1 N–H and O–H groups in total. The molecule has 4 rings (SSSR count). The summed E-state index contributed by atoms with van der Waals surface area (Å²) < 4.78 is 20.0. The maximum absolute atomic E-state index is 14.2. The molecule has 1 aliphatic rings. The van der Waals surface area contributed by atoms with Gasteiger partial charge in [-0.05, 0) is 67.2 Å². The number of hydrogen-bond donors (Lipinski definition) is 1. The monoisotopic (exact) mass is 440 g/mol. The number of amides is 2. The van der Waals surface area contributed by atoms with Gasteiger partial charge >= 0.3 is 0 Å². The Morgan fingerprint density at radius 1 is 1.13 bits per heavy atom. The summed E-state index contributed by atoms with van der Waals surface area (Å²) in [5.41, 5.74) is 1.47. The molecule has 8 heteroatoms. The molecule has 2 heterocycles. The Balaban J connectivity index is 1.71. The molecule has 0 radical (unpaired) electrons. The van der Waals surface area contributed by atoms with Crippen LogP contribution in [0.15, 0.2) is 64.6 Å². The fraction of sp³-hybridized carbons (Fsp3) is 0.0455. The SMILES string of the molecule is Cc1ccc(Cl)cc1-c1ccc(/C=C2\C(=O)NC(=S)N(c3ccccc3F)C2=O)o1. The van der Waals surface area contributed by atoms with Crippen molar-refractivity contribution in [2.45, 2.75) is 6.92 Å². The molecule has 1 aliphatic heterocycles. The van der Waals surface area contributed by atoms with E-state index in [1.807, 2.05) is 13.0 Å². The second-order valence-electron chi connectivity index (χ2n) is 6.57. The average Bonchev–Trinajstić information content (AvgIpc) is 3.17. The normalized spacial score (nSPS) is 15.6. The van der Waals surface area contributed by atoms with Gasteiger partial charge in [-0.3, -0.25) is 14.9 Å². The zero-order valence-corrected chi connectivity index (χ0v) is 17.2. The Morgan fingerprint density at radius 2 is 1.90 bits per heavy atom. The van der Waals surface area contributed by atoms with Crippen LogP contribution in [0.5, 0.6) is 0 Å². The number of thiocarbonyl (C=S) groups is 1. The van der Waals surface area contributed by atoms with Crippen LogP contribution in [0.4, 0.5) is 10.1 Å². The molecule has 0 aliphatic carbocycles. The smallest absolute Gasteiger partial charge is 0.270 e. The Kier molecular flexibility index (Phi) is 5.24. The van der Waals surface area contributed by atoms with Gasteiger partial charge in [-0.25, -0.2) is 9.29 Å².